The van der Waals surface area contributed by atoms with Crippen LogP contribution >= 0.6 is 0 Å². The lowest BCUT2D eigenvalue weighted by Crippen LogP contribution is -2.43. The summed E-state index contributed by atoms with van der Waals surface area (Å²) in [6, 6.07) is 2.10. The lowest BCUT2D eigenvalue weighted by Gasteiger charge is -2.30. The molecule has 0 aliphatic carbocycles. The number of fused-ring (bicyclic) bond motifs is 2. The van der Waals surface area contributed by atoms with Gasteiger partial charge in [0.25, 0.3) is 0 Å². The summed E-state index contributed by atoms with van der Waals surface area (Å²) in [7, 11) is 0. The third-order valence-corrected chi connectivity index (χ3v) is 3.79. The van der Waals surface area contributed by atoms with Gasteiger partial charge in [-0.25, -0.2) is 4.98 Å². The number of aromatic nitrogens is 1. The molecule has 102 valence electrons. The number of aryl methyl sites for hydroxylation is 1. The van der Waals surface area contributed by atoms with E-state index in [0.29, 0.717) is 13.2 Å². The van der Waals surface area contributed by atoms with Crippen LogP contribution in [-0.2, 0) is 9.53 Å². The molecule has 1 N–H and O–H groups in total. The van der Waals surface area contributed by atoms with Gasteiger partial charge in [0.15, 0.2) is 5.82 Å². The number of hydrogen-bond donors (Lipinski definition) is 1. The molecule has 2 aliphatic heterocycles. The Morgan fingerprint density at radius 3 is 3.16 bits per heavy atom. The van der Waals surface area contributed by atoms with Crippen LogP contribution in [0, 0.1) is 12.8 Å². The first-order valence-corrected chi connectivity index (χ1v) is 6.82. The van der Waals surface area contributed by atoms with E-state index in [-0.39, 0.29) is 17.9 Å². The molecule has 0 aromatic carbocycles. The van der Waals surface area contributed by atoms with Gasteiger partial charge in [-0.15, -0.1) is 0 Å². The minimum absolute atomic E-state index is 0.0507. The van der Waals surface area contributed by atoms with Crippen molar-refractivity contribution in [3.63, 3.8) is 0 Å². The highest BCUT2D eigenvalue weighted by molar-refractivity contribution is 5.98. The SMILES string of the molecule is CCCN1c2ncc(C)cc2NC(=O)C2COCC21. The number of hydrogen-bond acceptors (Lipinski definition) is 4. The zero-order valence-electron chi connectivity index (χ0n) is 11.3. The second-order valence-electron chi connectivity index (χ2n) is 5.28. The smallest absolute Gasteiger partial charge is 0.232 e. The van der Waals surface area contributed by atoms with Crippen molar-refractivity contribution in [2.75, 3.05) is 30.0 Å². The Balaban J connectivity index is 2.07. The van der Waals surface area contributed by atoms with Gasteiger partial charge in [-0.1, -0.05) is 6.92 Å². The normalized spacial score (nSPS) is 25.6. The minimum atomic E-state index is -0.0962. The van der Waals surface area contributed by atoms with E-state index in [2.05, 4.69) is 22.1 Å². The van der Waals surface area contributed by atoms with Gasteiger partial charge in [-0.05, 0) is 25.0 Å². The van der Waals surface area contributed by atoms with Gasteiger partial charge in [0.1, 0.15) is 0 Å². The van der Waals surface area contributed by atoms with E-state index in [1.807, 2.05) is 19.2 Å². The van der Waals surface area contributed by atoms with Crippen LogP contribution in [0.5, 0.6) is 0 Å². The lowest BCUT2D eigenvalue weighted by atomic mass is 10.0. The predicted octanol–water partition coefficient (Wildman–Crippen LogP) is 1.57. The van der Waals surface area contributed by atoms with E-state index in [4.69, 9.17) is 4.74 Å². The third-order valence-electron chi connectivity index (χ3n) is 3.79. The van der Waals surface area contributed by atoms with E-state index in [1.54, 1.807) is 0 Å². The van der Waals surface area contributed by atoms with Gasteiger partial charge in [-0.3, -0.25) is 4.79 Å². The number of carbonyl (C=O) groups excluding carboxylic acids is 1. The fourth-order valence-electron chi connectivity index (χ4n) is 2.88. The number of amides is 1. The molecule has 1 amide bonds. The summed E-state index contributed by atoms with van der Waals surface area (Å²) in [6.45, 7) is 6.12. The molecule has 2 unspecified atom stereocenters. The second kappa shape index (κ2) is 4.81. The molecule has 1 aromatic heterocycles. The van der Waals surface area contributed by atoms with Crippen LogP contribution in [0.4, 0.5) is 11.5 Å². The standard InChI is InChI=1S/C14H19N3O2/c1-3-4-17-12-8-19-7-10(12)14(18)16-11-5-9(2)6-15-13(11)17/h5-6,10,12H,3-4,7-8H2,1-2H3,(H,16,18). The van der Waals surface area contributed by atoms with Crippen LogP contribution in [0.15, 0.2) is 12.3 Å². The molecule has 2 aliphatic rings. The Kier molecular flexibility index (Phi) is 3.14. The first kappa shape index (κ1) is 12.4. The third kappa shape index (κ3) is 2.08. The van der Waals surface area contributed by atoms with Crippen molar-refractivity contribution < 1.29 is 9.53 Å². The van der Waals surface area contributed by atoms with E-state index < -0.39 is 0 Å². The molecule has 0 bridgehead atoms. The first-order chi connectivity index (χ1) is 9.20. The fourth-order valence-corrected chi connectivity index (χ4v) is 2.88. The summed E-state index contributed by atoms with van der Waals surface area (Å²) >= 11 is 0. The van der Waals surface area contributed by atoms with Gasteiger partial charge in [0.05, 0.1) is 30.9 Å². The number of rotatable bonds is 2. The topological polar surface area (TPSA) is 54.5 Å². The van der Waals surface area contributed by atoms with E-state index in [9.17, 15) is 4.79 Å². The van der Waals surface area contributed by atoms with Crippen LogP contribution in [0.3, 0.4) is 0 Å². The van der Waals surface area contributed by atoms with Crippen molar-refractivity contribution >= 4 is 17.4 Å². The average molecular weight is 261 g/mol. The largest absolute Gasteiger partial charge is 0.378 e. The highest BCUT2D eigenvalue weighted by Gasteiger charge is 2.41. The summed E-state index contributed by atoms with van der Waals surface area (Å²) in [6.07, 6.45) is 2.87. The summed E-state index contributed by atoms with van der Waals surface area (Å²) in [5.74, 6) is 0.828. The number of nitrogens with one attached hydrogen (secondary N) is 1. The monoisotopic (exact) mass is 261 g/mol. The highest BCUT2D eigenvalue weighted by Crippen LogP contribution is 2.34. The molecule has 19 heavy (non-hydrogen) atoms. The van der Waals surface area contributed by atoms with Crippen molar-refractivity contribution in [1.82, 2.24) is 4.98 Å². The predicted molar refractivity (Wildman–Crippen MR) is 73.3 cm³/mol. The number of anilines is 2. The quantitative estimate of drug-likeness (QED) is 0.878. The van der Waals surface area contributed by atoms with Crippen molar-refractivity contribution in [2.45, 2.75) is 26.3 Å². The van der Waals surface area contributed by atoms with Crippen LogP contribution in [0.25, 0.3) is 0 Å². The van der Waals surface area contributed by atoms with Crippen LogP contribution in [-0.4, -0.2) is 36.7 Å². The molecule has 0 saturated carbocycles. The van der Waals surface area contributed by atoms with Crippen molar-refractivity contribution in [3.05, 3.63) is 17.8 Å². The van der Waals surface area contributed by atoms with Crippen LogP contribution < -0.4 is 10.2 Å². The molecule has 0 radical (unpaired) electrons. The summed E-state index contributed by atoms with van der Waals surface area (Å²) < 4.78 is 5.50. The fraction of sp³-hybridized carbons (Fsp3) is 0.571. The molecule has 3 heterocycles. The maximum atomic E-state index is 12.3. The molecule has 1 aromatic rings. The second-order valence-corrected chi connectivity index (χ2v) is 5.28. The molecule has 0 spiro atoms. The van der Waals surface area contributed by atoms with Crippen molar-refractivity contribution in [3.8, 4) is 0 Å². The summed E-state index contributed by atoms with van der Waals surface area (Å²) in [5, 5.41) is 3.00. The van der Waals surface area contributed by atoms with Crippen LogP contribution in [0.2, 0.25) is 0 Å². The summed E-state index contributed by atoms with van der Waals surface area (Å²) in [4.78, 5) is 19.0. The molecule has 1 saturated heterocycles. The van der Waals surface area contributed by atoms with E-state index in [0.717, 1.165) is 30.0 Å². The lowest BCUT2D eigenvalue weighted by molar-refractivity contribution is -0.120. The van der Waals surface area contributed by atoms with Gasteiger partial charge in [0.2, 0.25) is 5.91 Å². The molecule has 1 fully saturated rings. The number of pyridine rings is 1. The average Bonchev–Trinajstić information content (AvgIpc) is 2.82. The minimum Gasteiger partial charge on any atom is -0.378 e. The van der Waals surface area contributed by atoms with Crippen LogP contribution in [0.1, 0.15) is 18.9 Å². The Hall–Kier alpha value is -1.62. The number of carbonyl (C=O) groups is 1. The molecular weight excluding hydrogens is 242 g/mol. The Morgan fingerprint density at radius 2 is 2.37 bits per heavy atom. The number of nitrogens with zero attached hydrogens (tertiary/aromatic N) is 2. The zero-order valence-corrected chi connectivity index (χ0v) is 11.3. The van der Waals surface area contributed by atoms with Gasteiger partial charge in [-0.2, -0.15) is 0 Å². The molecule has 3 rings (SSSR count). The Bertz CT molecular complexity index is 503. The summed E-state index contributed by atoms with van der Waals surface area (Å²) in [5.41, 5.74) is 1.88. The maximum Gasteiger partial charge on any atom is 0.232 e. The van der Waals surface area contributed by atoms with E-state index >= 15 is 0 Å². The van der Waals surface area contributed by atoms with Crippen molar-refractivity contribution in [2.24, 2.45) is 5.92 Å². The van der Waals surface area contributed by atoms with E-state index in [1.165, 1.54) is 0 Å². The first-order valence-electron chi connectivity index (χ1n) is 6.82. The van der Waals surface area contributed by atoms with Crippen molar-refractivity contribution in [1.29, 1.82) is 0 Å². The maximum absolute atomic E-state index is 12.3. The zero-order chi connectivity index (χ0) is 13.4. The van der Waals surface area contributed by atoms with Gasteiger partial charge >= 0.3 is 0 Å². The molecule has 2 atom stereocenters. The van der Waals surface area contributed by atoms with Gasteiger partial charge < -0.3 is 15.0 Å². The number of ether oxygens (including phenoxy) is 1. The molecular formula is C14H19N3O2. The Morgan fingerprint density at radius 1 is 1.53 bits per heavy atom. The molecule has 5 nitrogen and oxygen atoms in total. The highest BCUT2D eigenvalue weighted by atomic mass is 16.5. The Labute approximate surface area is 113 Å². The van der Waals surface area contributed by atoms with Gasteiger partial charge in [0, 0.05) is 12.7 Å². The molecule has 5 heteroatoms.